The van der Waals surface area contributed by atoms with Gasteiger partial charge in [0.25, 0.3) is 5.56 Å². The topological polar surface area (TPSA) is 45.8 Å². The highest BCUT2D eigenvalue weighted by Crippen LogP contribution is 2.39. The second kappa shape index (κ2) is 6.28. The largest absolute Gasteiger partial charge is 0.268 e. The second-order valence-electron chi connectivity index (χ2n) is 5.44. The van der Waals surface area contributed by atoms with Crippen LogP contribution in [0.2, 0.25) is 5.02 Å². The first-order valence-corrected chi connectivity index (χ1v) is 7.50. The first-order valence-electron chi connectivity index (χ1n) is 7.12. The van der Waals surface area contributed by atoms with Crippen molar-refractivity contribution in [3.63, 3.8) is 0 Å². The van der Waals surface area contributed by atoms with E-state index in [-0.39, 0.29) is 5.56 Å². The van der Waals surface area contributed by atoms with Gasteiger partial charge in [-0.25, -0.2) is 18.3 Å². The van der Waals surface area contributed by atoms with Crippen molar-refractivity contribution >= 4 is 11.6 Å². The van der Waals surface area contributed by atoms with Crippen LogP contribution in [0.5, 0.6) is 0 Å². The number of halogens is 4. The van der Waals surface area contributed by atoms with Gasteiger partial charge in [0.2, 0.25) is 0 Å². The van der Waals surface area contributed by atoms with Crippen LogP contribution in [0.25, 0.3) is 11.1 Å². The van der Waals surface area contributed by atoms with E-state index in [4.69, 9.17) is 11.6 Å². The molecular weight excluding hydrogens is 341 g/mol. The maximum absolute atomic E-state index is 14.3. The third kappa shape index (κ3) is 2.89. The summed E-state index contributed by atoms with van der Waals surface area (Å²) in [6.07, 6.45) is -0.764. The van der Waals surface area contributed by atoms with Crippen LogP contribution in [0.4, 0.5) is 13.2 Å². The summed E-state index contributed by atoms with van der Waals surface area (Å²) in [5.74, 6) is -3.58. The molecule has 0 fully saturated rings. The fourth-order valence-electron chi connectivity index (χ4n) is 2.80. The van der Waals surface area contributed by atoms with Gasteiger partial charge in [-0.3, -0.25) is 4.79 Å². The Bertz CT molecular complexity index is 903. The van der Waals surface area contributed by atoms with Gasteiger partial charge in [0, 0.05) is 22.2 Å². The molecule has 1 heterocycles. The summed E-state index contributed by atoms with van der Waals surface area (Å²) in [6.45, 7) is 1.61. The van der Waals surface area contributed by atoms with E-state index in [1.807, 2.05) is 0 Å². The molecule has 0 bridgehead atoms. The van der Waals surface area contributed by atoms with Crippen LogP contribution in [0.15, 0.2) is 52.9 Å². The molecule has 0 aliphatic heterocycles. The lowest BCUT2D eigenvalue weighted by molar-refractivity contribution is 0.321. The standard InChI is InChI=1S/C17H12ClF3N2O/c1-8-14(9-2-4-10(18)5-3-9)16(17(24)23-22-8)15-12(20)6-11(19)7-13(15)21/h2-7,12,15H,1H3,(H,23,24). The molecule has 0 radical (unpaired) electrons. The Morgan fingerprint density at radius 1 is 1.21 bits per heavy atom. The van der Waals surface area contributed by atoms with Crippen molar-refractivity contribution < 1.29 is 13.2 Å². The third-order valence-electron chi connectivity index (χ3n) is 3.85. The van der Waals surface area contributed by atoms with E-state index in [1.165, 1.54) is 0 Å². The minimum atomic E-state index is -2.00. The number of hydrogen-bond acceptors (Lipinski definition) is 2. The summed E-state index contributed by atoms with van der Waals surface area (Å²) in [5.41, 5.74) is 0.386. The molecule has 1 N–H and O–H groups in total. The van der Waals surface area contributed by atoms with Gasteiger partial charge in [0.1, 0.15) is 17.8 Å². The molecule has 2 aromatic rings. The van der Waals surface area contributed by atoms with Crippen LogP contribution in [-0.4, -0.2) is 16.4 Å². The summed E-state index contributed by atoms with van der Waals surface area (Å²) in [7, 11) is 0. The van der Waals surface area contributed by atoms with Crippen LogP contribution >= 0.6 is 11.6 Å². The van der Waals surface area contributed by atoms with Gasteiger partial charge in [0.05, 0.1) is 11.6 Å². The molecule has 1 aliphatic carbocycles. The number of nitrogens with zero attached hydrogens (tertiary/aromatic N) is 1. The van der Waals surface area contributed by atoms with E-state index in [2.05, 4.69) is 10.2 Å². The third-order valence-corrected chi connectivity index (χ3v) is 4.11. The highest BCUT2D eigenvalue weighted by atomic mass is 35.5. The van der Waals surface area contributed by atoms with E-state index >= 15 is 0 Å². The zero-order valence-electron chi connectivity index (χ0n) is 12.5. The first-order chi connectivity index (χ1) is 11.4. The average molecular weight is 353 g/mol. The van der Waals surface area contributed by atoms with Crippen LogP contribution < -0.4 is 5.56 Å². The highest BCUT2D eigenvalue weighted by Gasteiger charge is 2.34. The van der Waals surface area contributed by atoms with E-state index in [1.54, 1.807) is 31.2 Å². The highest BCUT2D eigenvalue weighted by molar-refractivity contribution is 6.30. The summed E-state index contributed by atoms with van der Waals surface area (Å²) in [4.78, 5) is 12.3. The van der Waals surface area contributed by atoms with Crippen molar-refractivity contribution in [2.24, 2.45) is 0 Å². The monoisotopic (exact) mass is 352 g/mol. The number of benzene rings is 1. The molecule has 1 aliphatic rings. The van der Waals surface area contributed by atoms with E-state index < -0.39 is 29.3 Å². The Balaban J connectivity index is 2.26. The molecule has 24 heavy (non-hydrogen) atoms. The maximum atomic E-state index is 14.3. The van der Waals surface area contributed by atoms with Gasteiger partial charge < -0.3 is 0 Å². The number of H-pyrrole nitrogens is 1. The van der Waals surface area contributed by atoms with Gasteiger partial charge >= 0.3 is 0 Å². The lowest BCUT2D eigenvalue weighted by Crippen LogP contribution is -2.27. The van der Waals surface area contributed by atoms with Crippen LogP contribution in [-0.2, 0) is 0 Å². The van der Waals surface area contributed by atoms with Crippen molar-refractivity contribution in [1.29, 1.82) is 0 Å². The number of nitrogens with one attached hydrogen (secondary N) is 1. The number of alkyl halides is 1. The summed E-state index contributed by atoms with van der Waals surface area (Å²) in [5, 5.41) is 6.59. The van der Waals surface area contributed by atoms with Gasteiger partial charge in [0.15, 0.2) is 0 Å². The van der Waals surface area contributed by atoms with Crippen molar-refractivity contribution in [3.05, 3.63) is 74.7 Å². The predicted octanol–water partition coefficient (Wildman–Crippen LogP) is 4.54. The van der Waals surface area contributed by atoms with E-state index in [0.29, 0.717) is 34.0 Å². The number of allylic oxidation sites excluding steroid dienone is 4. The van der Waals surface area contributed by atoms with Crippen molar-refractivity contribution in [1.82, 2.24) is 10.2 Å². The van der Waals surface area contributed by atoms with Crippen molar-refractivity contribution in [2.45, 2.75) is 19.0 Å². The Labute approximate surface area is 140 Å². The van der Waals surface area contributed by atoms with Crippen LogP contribution in [0.1, 0.15) is 17.2 Å². The van der Waals surface area contributed by atoms with E-state index in [9.17, 15) is 18.0 Å². The Kier molecular flexibility index (Phi) is 4.32. The van der Waals surface area contributed by atoms with Gasteiger partial charge in [-0.1, -0.05) is 23.7 Å². The first kappa shape index (κ1) is 16.5. The Morgan fingerprint density at radius 3 is 2.50 bits per heavy atom. The molecule has 3 nitrogen and oxygen atoms in total. The lowest BCUT2D eigenvalue weighted by atomic mass is 9.85. The summed E-state index contributed by atoms with van der Waals surface area (Å²) < 4.78 is 41.8. The molecule has 1 aromatic carbocycles. The SMILES string of the molecule is Cc1n[nH]c(=O)c(C2C(F)=CC(F)=CC2F)c1-c1ccc(Cl)cc1. The maximum Gasteiger partial charge on any atom is 0.268 e. The minimum Gasteiger partial charge on any atom is -0.268 e. The summed E-state index contributed by atoms with van der Waals surface area (Å²) >= 11 is 5.86. The zero-order chi connectivity index (χ0) is 17.4. The number of aromatic nitrogens is 2. The minimum absolute atomic E-state index is 0.130. The molecule has 0 spiro atoms. The average Bonchev–Trinajstić information content (AvgIpc) is 2.51. The molecule has 1 aromatic heterocycles. The van der Waals surface area contributed by atoms with Gasteiger partial charge in [-0.2, -0.15) is 5.10 Å². The smallest absolute Gasteiger partial charge is 0.268 e. The Morgan fingerprint density at radius 2 is 1.88 bits per heavy atom. The summed E-state index contributed by atoms with van der Waals surface area (Å²) in [6, 6.07) is 6.45. The molecule has 0 amide bonds. The fourth-order valence-corrected chi connectivity index (χ4v) is 2.93. The number of rotatable bonds is 2. The molecule has 124 valence electrons. The van der Waals surface area contributed by atoms with Gasteiger partial charge in [-0.05, 0) is 30.7 Å². The molecule has 2 atom stereocenters. The normalized spacial score (nSPS) is 20.5. The second-order valence-corrected chi connectivity index (χ2v) is 5.87. The zero-order valence-corrected chi connectivity index (χ0v) is 13.2. The number of hydrogen-bond donors (Lipinski definition) is 1. The quantitative estimate of drug-likeness (QED) is 0.862. The molecular formula is C17H12ClF3N2O. The van der Waals surface area contributed by atoms with E-state index in [0.717, 1.165) is 0 Å². The predicted molar refractivity (Wildman–Crippen MR) is 86.1 cm³/mol. The molecule has 3 rings (SSSR count). The molecule has 7 heteroatoms. The van der Waals surface area contributed by atoms with Crippen molar-refractivity contribution in [2.75, 3.05) is 0 Å². The number of aromatic amines is 1. The Hall–Kier alpha value is -2.34. The van der Waals surface area contributed by atoms with Crippen LogP contribution in [0, 0.1) is 6.92 Å². The van der Waals surface area contributed by atoms with Crippen molar-refractivity contribution in [3.8, 4) is 11.1 Å². The lowest BCUT2D eigenvalue weighted by Gasteiger charge is -2.23. The fraction of sp³-hybridized carbons (Fsp3) is 0.176. The molecule has 0 saturated carbocycles. The molecule has 2 unspecified atom stereocenters. The molecule has 0 saturated heterocycles. The van der Waals surface area contributed by atoms with Crippen LogP contribution in [0.3, 0.4) is 0 Å². The number of aryl methyl sites for hydroxylation is 1. The van der Waals surface area contributed by atoms with Gasteiger partial charge in [-0.15, -0.1) is 0 Å².